The Labute approximate surface area is 112 Å². The van der Waals surface area contributed by atoms with Crippen LogP contribution in [0, 0.1) is 5.82 Å². The van der Waals surface area contributed by atoms with Gasteiger partial charge in [0, 0.05) is 11.8 Å². The number of aliphatic imine (C=N–C) groups is 1. The van der Waals surface area contributed by atoms with E-state index in [9.17, 15) is 14.3 Å². The number of benzene rings is 2. The molecule has 1 aromatic heterocycles. The van der Waals surface area contributed by atoms with E-state index < -0.39 is 11.4 Å². The van der Waals surface area contributed by atoms with E-state index in [1.165, 1.54) is 18.3 Å². The molecule has 100 valence electrons. The number of hydrogen-bond acceptors (Lipinski definition) is 3. The fourth-order valence-electron chi connectivity index (χ4n) is 1.94. The third-order valence-corrected chi connectivity index (χ3v) is 2.94. The molecule has 0 aliphatic rings. The fourth-order valence-corrected chi connectivity index (χ4v) is 1.94. The van der Waals surface area contributed by atoms with Gasteiger partial charge in [-0.15, -0.1) is 0 Å². The molecule has 0 saturated heterocycles. The summed E-state index contributed by atoms with van der Waals surface area (Å²) in [6, 6.07) is 9.34. The van der Waals surface area contributed by atoms with Gasteiger partial charge in [0.1, 0.15) is 17.0 Å². The summed E-state index contributed by atoms with van der Waals surface area (Å²) in [4.78, 5) is 15.6. The van der Waals surface area contributed by atoms with Crippen LogP contribution >= 0.6 is 0 Å². The summed E-state index contributed by atoms with van der Waals surface area (Å²) in [5, 5.41) is 14.5. The maximum Gasteiger partial charge on any atom is 0.274 e. The van der Waals surface area contributed by atoms with E-state index in [4.69, 9.17) is 0 Å². The highest BCUT2D eigenvalue weighted by Crippen LogP contribution is 2.24. The van der Waals surface area contributed by atoms with Gasteiger partial charge in [-0.1, -0.05) is 12.1 Å². The molecule has 0 atom stereocenters. The molecule has 0 aliphatic heterocycles. The highest BCUT2D eigenvalue weighted by Gasteiger charge is 2.10. The highest BCUT2D eigenvalue weighted by molar-refractivity contribution is 5.93. The van der Waals surface area contributed by atoms with Gasteiger partial charge in [-0.3, -0.25) is 20.0 Å². The Morgan fingerprint density at radius 2 is 1.95 bits per heavy atom. The van der Waals surface area contributed by atoms with Crippen LogP contribution in [0.15, 0.2) is 46.2 Å². The summed E-state index contributed by atoms with van der Waals surface area (Å²) in [5.41, 5.74) is 0.699. The quantitative estimate of drug-likeness (QED) is 0.626. The van der Waals surface area contributed by atoms with Crippen LogP contribution in [0.4, 0.5) is 10.1 Å². The van der Waals surface area contributed by atoms with E-state index >= 15 is 0 Å². The van der Waals surface area contributed by atoms with Crippen molar-refractivity contribution < 1.29 is 9.50 Å². The first kappa shape index (κ1) is 12.2. The number of hydrogen-bond donors (Lipinski definition) is 3. The smallest absolute Gasteiger partial charge is 0.274 e. The number of phenols is 1. The monoisotopic (exact) mass is 271 g/mol. The Bertz CT molecular complexity index is 864. The first-order valence-electron chi connectivity index (χ1n) is 5.88. The summed E-state index contributed by atoms with van der Waals surface area (Å²) in [5.74, 6) is -0.513. The van der Waals surface area contributed by atoms with E-state index in [0.29, 0.717) is 16.8 Å². The van der Waals surface area contributed by atoms with E-state index in [1.807, 2.05) is 0 Å². The number of nitrogens with zero attached hydrogens (tertiary/aromatic N) is 1. The van der Waals surface area contributed by atoms with Crippen molar-refractivity contribution in [3.05, 3.63) is 58.1 Å². The van der Waals surface area contributed by atoms with E-state index in [1.54, 1.807) is 24.3 Å². The Kier molecular flexibility index (Phi) is 2.83. The molecule has 0 saturated carbocycles. The maximum absolute atomic E-state index is 13.6. The third-order valence-electron chi connectivity index (χ3n) is 2.94. The zero-order chi connectivity index (χ0) is 14.1. The minimum Gasteiger partial charge on any atom is -0.507 e. The Morgan fingerprint density at radius 1 is 1.15 bits per heavy atom. The molecule has 0 spiro atoms. The van der Waals surface area contributed by atoms with Crippen LogP contribution in [0.3, 0.4) is 0 Å². The molecule has 0 radical (unpaired) electrons. The minimum absolute atomic E-state index is 0.0584. The van der Waals surface area contributed by atoms with Crippen LogP contribution in [-0.2, 0) is 0 Å². The highest BCUT2D eigenvalue weighted by atomic mass is 19.1. The Hall–Kier alpha value is -2.89. The largest absolute Gasteiger partial charge is 0.507 e. The Balaban J connectivity index is 2.10. The average molecular weight is 271 g/mol. The molecular formula is C14H10FN3O2. The van der Waals surface area contributed by atoms with Crippen LogP contribution < -0.4 is 5.56 Å². The van der Waals surface area contributed by atoms with Crippen LogP contribution in [-0.4, -0.2) is 21.5 Å². The molecule has 20 heavy (non-hydrogen) atoms. The van der Waals surface area contributed by atoms with Gasteiger partial charge in [0.05, 0.1) is 11.2 Å². The lowest BCUT2D eigenvalue weighted by Gasteiger charge is -1.99. The molecule has 0 unspecified atom stereocenters. The predicted octanol–water partition coefficient (Wildman–Crippen LogP) is 2.45. The number of phenolic OH excluding ortho intramolecular Hbond substituents is 1. The SMILES string of the molecule is O=c1[nH][nH]c2c(N=Cc3ccccc3O)ccc(F)c12. The summed E-state index contributed by atoms with van der Waals surface area (Å²) < 4.78 is 13.6. The molecule has 1 heterocycles. The van der Waals surface area contributed by atoms with Gasteiger partial charge in [-0.2, -0.15) is 0 Å². The molecule has 6 heteroatoms. The van der Waals surface area contributed by atoms with Gasteiger partial charge >= 0.3 is 0 Å². The maximum atomic E-state index is 13.6. The van der Waals surface area contributed by atoms with Gasteiger partial charge in [-0.25, -0.2) is 4.39 Å². The van der Waals surface area contributed by atoms with Crippen molar-refractivity contribution in [2.75, 3.05) is 0 Å². The van der Waals surface area contributed by atoms with Crippen LogP contribution in [0.2, 0.25) is 0 Å². The number of halogens is 1. The lowest BCUT2D eigenvalue weighted by Crippen LogP contribution is -1.99. The van der Waals surface area contributed by atoms with Gasteiger partial charge in [-0.05, 0) is 24.3 Å². The van der Waals surface area contributed by atoms with Crippen molar-refractivity contribution >= 4 is 22.8 Å². The van der Waals surface area contributed by atoms with Gasteiger partial charge in [0.2, 0.25) is 0 Å². The van der Waals surface area contributed by atoms with E-state index in [2.05, 4.69) is 15.2 Å². The Morgan fingerprint density at radius 3 is 2.75 bits per heavy atom. The van der Waals surface area contributed by atoms with E-state index in [-0.39, 0.29) is 11.1 Å². The molecule has 5 nitrogen and oxygen atoms in total. The molecule has 3 rings (SSSR count). The van der Waals surface area contributed by atoms with Crippen molar-refractivity contribution in [1.82, 2.24) is 10.2 Å². The second kappa shape index (κ2) is 4.65. The molecule has 0 bridgehead atoms. The predicted molar refractivity (Wildman–Crippen MR) is 74.2 cm³/mol. The molecule has 3 N–H and O–H groups in total. The fraction of sp³-hybridized carbons (Fsp3) is 0. The zero-order valence-electron chi connectivity index (χ0n) is 10.2. The molecule has 3 aromatic rings. The third kappa shape index (κ3) is 1.97. The number of aromatic amines is 2. The van der Waals surface area contributed by atoms with Gasteiger partial charge in [0.15, 0.2) is 0 Å². The van der Waals surface area contributed by atoms with Gasteiger partial charge in [0.25, 0.3) is 5.56 Å². The number of fused-ring (bicyclic) bond motifs is 1. The van der Waals surface area contributed by atoms with Crippen LogP contribution in [0.5, 0.6) is 5.75 Å². The van der Waals surface area contributed by atoms with Crippen LogP contribution in [0.25, 0.3) is 10.9 Å². The lowest BCUT2D eigenvalue weighted by molar-refractivity contribution is 0.474. The van der Waals surface area contributed by atoms with Crippen molar-refractivity contribution in [3.63, 3.8) is 0 Å². The van der Waals surface area contributed by atoms with E-state index in [0.717, 1.165) is 0 Å². The number of aromatic nitrogens is 2. The van der Waals surface area contributed by atoms with Crippen molar-refractivity contribution in [2.24, 2.45) is 4.99 Å². The second-order valence-corrected chi connectivity index (χ2v) is 4.21. The zero-order valence-corrected chi connectivity index (χ0v) is 10.2. The molecule has 0 fully saturated rings. The topological polar surface area (TPSA) is 81.2 Å². The summed E-state index contributed by atoms with van der Waals surface area (Å²) in [7, 11) is 0. The number of H-pyrrole nitrogens is 2. The van der Waals surface area contributed by atoms with Gasteiger partial charge < -0.3 is 5.11 Å². The average Bonchev–Trinajstić information content (AvgIpc) is 2.83. The van der Waals surface area contributed by atoms with Crippen LogP contribution in [0.1, 0.15) is 5.56 Å². The van der Waals surface area contributed by atoms with Crippen molar-refractivity contribution in [1.29, 1.82) is 0 Å². The minimum atomic E-state index is -0.607. The molecule has 0 aliphatic carbocycles. The second-order valence-electron chi connectivity index (χ2n) is 4.21. The molecule has 0 amide bonds. The molecule has 2 aromatic carbocycles. The first-order chi connectivity index (χ1) is 9.66. The van der Waals surface area contributed by atoms with Crippen molar-refractivity contribution in [3.8, 4) is 5.75 Å². The first-order valence-corrected chi connectivity index (χ1v) is 5.88. The normalized spacial score (nSPS) is 11.4. The van der Waals surface area contributed by atoms with Crippen molar-refractivity contribution in [2.45, 2.75) is 0 Å². The number of aromatic hydroxyl groups is 1. The summed E-state index contributed by atoms with van der Waals surface area (Å²) in [6.45, 7) is 0. The number of rotatable bonds is 2. The number of nitrogens with one attached hydrogen (secondary N) is 2. The summed E-state index contributed by atoms with van der Waals surface area (Å²) in [6.07, 6.45) is 1.45. The number of para-hydroxylation sites is 1. The standard InChI is InChI=1S/C14H10FN3O2/c15-9-5-6-10(13-12(9)14(20)18-17-13)16-7-8-3-1-2-4-11(8)19/h1-7,19H,(H2,17,18,20). The summed E-state index contributed by atoms with van der Waals surface area (Å²) >= 11 is 0. The molecular weight excluding hydrogens is 261 g/mol. The lowest BCUT2D eigenvalue weighted by atomic mass is 10.2.